The van der Waals surface area contributed by atoms with Crippen molar-refractivity contribution in [2.75, 3.05) is 24.5 Å². The third-order valence-corrected chi connectivity index (χ3v) is 3.91. The Morgan fingerprint density at radius 3 is 2.67 bits per heavy atom. The fourth-order valence-corrected chi connectivity index (χ4v) is 2.69. The first kappa shape index (κ1) is 13.6. The number of rotatable bonds is 2. The molecule has 0 bridgehead atoms. The van der Waals surface area contributed by atoms with E-state index in [4.69, 9.17) is 0 Å². The number of carbonyl (C=O) groups excluding carboxylic acids is 1. The molecule has 0 unspecified atom stereocenters. The normalized spacial score (nSPS) is 18.9. The first-order valence-corrected chi connectivity index (χ1v) is 7.13. The number of carbonyl (C=O) groups is 1. The third-order valence-electron chi connectivity index (χ3n) is 3.91. The number of benzene rings is 1. The average molecular weight is 285 g/mol. The van der Waals surface area contributed by atoms with Crippen LogP contribution < -0.4 is 4.90 Å². The van der Waals surface area contributed by atoms with Crippen LogP contribution in [0.25, 0.3) is 0 Å². The Bertz CT molecular complexity index is 608. The minimum atomic E-state index is -0.0800. The molecule has 6 heteroatoms. The van der Waals surface area contributed by atoms with Gasteiger partial charge in [-0.15, -0.1) is 0 Å². The van der Waals surface area contributed by atoms with E-state index in [-0.39, 0.29) is 11.9 Å². The van der Waals surface area contributed by atoms with Crippen LogP contribution in [0.15, 0.2) is 30.6 Å². The van der Waals surface area contributed by atoms with Gasteiger partial charge in [-0.1, -0.05) is 17.7 Å². The number of nitrogens with one attached hydrogen (secondary N) is 1. The molecule has 1 atom stereocenters. The van der Waals surface area contributed by atoms with E-state index in [1.54, 1.807) is 0 Å². The Morgan fingerprint density at radius 2 is 2.05 bits per heavy atom. The SMILES string of the molecule is Cc1ccc(N2CCN(C(=O)c3ncn[nH]3)[C@@H](C)C2)cc1. The minimum Gasteiger partial charge on any atom is -0.368 e. The molecule has 0 spiro atoms. The van der Waals surface area contributed by atoms with Crippen LogP contribution in [-0.2, 0) is 0 Å². The molecule has 1 aromatic heterocycles. The number of nitrogens with zero attached hydrogens (tertiary/aromatic N) is 4. The van der Waals surface area contributed by atoms with Crippen LogP contribution in [0.3, 0.4) is 0 Å². The summed E-state index contributed by atoms with van der Waals surface area (Å²) in [5.74, 6) is 0.231. The molecule has 21 heavy (non-hydrogen) atoms. The summed E-state index contributed by atoms with van der Waals surface area (Å²) in [4.78, 5) is 20.4. The van der Waals surface area contributed by atoms with Crippen LogP contribution in [0.4, 0.5) is 5.69 Å². The zero-order chi connectivity index (χ0) is 14.8. The number of aromatic amines is 1. The van der Waals surface area contributed by atoms with Gasteiger partial charge in [0.2, 0.25) is 5.82 Å². The summed E-state index contributed by atoms with van der Waals surface area (Å²) in [6.45, 7) is 6.49. The van der Waals surface area contributed by atoms with Crippen LogP contribution in [0.1, 0.15) is 23.1 Å². The van der Waals surface area contributed by atoms with Crippen molar-refractivity contribution in [1.82, 2.24) is 20.1 Å². The van der Waals surface area contributed by atoms with E-state index in [0.29, 0.717) is 12.4 Å². The van der Waals surface area contributed by atoms with Crippen LogP contribution in [-0.4, -0.2) is 51.7 Å². The third kappa shape index (κ3) is 2.74. The van der Waals surface area contributed by atoms with Gasteiger partial charge in [0.05, 0.1) is 0 Å². The van der Waals surface area contributed by atoms with Gasteiger partial charge in [0.15, 0.2) is 0 Å². The lowest BCUT2D eigenvalue weighted by Gasteiger charge is -2.40. The Morgan fingerprint density at radius 1 is 1.29 bits per heavy atom. The second-order valence-corrected chi connectivity index (χ2v) is 5.46. The van der Waals surface area contributed by atoms with E-state index >= 15 is 0 Å². The fraction of sp³-hybridized carbons (Fsp3) is 0.400. The average Bonchev–Trinajstić information content (AvgIpc) is 3.01. The maximum atomic E-state index is 12.3. The van der Waals surface area contributed by atoms with E-state index in [1.807, 2.05) is 4.90 Å². The number of aromatic nitrogens is 3. The van der Waals surface area contributed by atoms with E-state index < -0.39 is 0 Å². The summed E-state index contributed by atoms with van der Waals surface area (Å²) in [7, 11) is 0. The number of H-pyrrole nitrogens is 1. The van der Waals surface area contributed by atoms with E-state index in [0.717, 1.165) is 13.1 Å². The number of hydrogen-bond acceptors (Lipinski definition) is 4. The van der Waals surface area contributed by atoms with Crippen molar-refractivity contribution < 1.29 is 4.79 Å². The Kier molecular flexibility index (Phi) is 3.60. The smallest absolute Gasteiger partial charge is 0.291 e. The van der Waals surface area contributed by atoms with Crippen LogP contribution in [0.2, 0.25) is 0 Å². The predicted molar refractivity (Wildman–Crippen MR) is 80.3 cm³/mol. The second-order valence-electron chi connectivity index (χ2n) is 5.46. The first-order chi connectivity index (χ1) is 10.1. The van der Waals surface area contributed by atoms with Gasteiger partial charge in [-0.2, -0.15) is 5.10 Å². The summed E-state index contributed by atoms with van der Waals surface area (Å²) in [6, 6.07) is 8.64. The quantitative estimate of drug-likeness (QED) is 0.907. The monoisotopic (exact) mass is 285 g/mol. The van der Waals surface area contributed by atoms with Gasteiger partial charge in [-0.3, -0.25) is 9.89 Å². The van der Waals surface area contributed by atoms with Gasteiger partial charge >= 0.3 is 0 Å². The number of hydrogen-bond donors (Lipinski definition) is 1. The van der Waals surface area contributed by atoms with Crippen molar-refractivity contribution >= 4 is 11.6 Å². The van der Waals surface area contributed by atoms with Crippen molar-refractivity contribution in [2.24, 2.45) is 0 Å². The standard InChI is InChI=1S/C15H19N5O/c1-11-3-5-13(6-4-11)19-7-8-20(12(2)9-19)15(21)14-16-10-17-18-14/h3-6,10,12H,7-9H2,1-2H3,(H,16,17,18)/t12-/m0/s1. The molecule has 1 aliphatic rings. The molecule has 0 radical (unpaired) electrons. The summed E-state index contributed by atoms with van der Waals surface area (Å²) < 4.78 is 0. The van der Waals surface area contributed by atoms with Gasteiger partial charge in [-0.05, 0) is 26.0 Å². The molecule has 1 saturated heterocycles. The molecule has 2 aromatic rings. The maximum Gasteiger partial charge on any atom is 0.291 e. The molecular formula is C15H19N5O. The molecule has 110 valence electrons. The van der Waals surface area contributed by atoms with Crippen molar-refractivity contribution in [2.45, 2.75) is 19.9 Å². The molecule has 3 rings (SSSR count). The van der Waals surface area contributed by atoms with E-state index in [2.05, 4.69) is 58.2 Å². The van der Waals surface area contributed by atoms with Crippen LogP contribution >= 0.6 is 0 Å². The molecule has 1 aromatic carbocycles. The molecule has 0 aliphatic carbocycles. The summed E-state index contributed by atoms with van der Waals surface area (Å²) in [5.41, 5.74) is 2.46. The van der Waals surface area contributed by atoms with Gasteiger partial charge in [0.25, 0.3) is 5.91 Å². The molecule has 1 fully saturated rings. The summed E-state index contributed by atoms with van der Waals surface area (Å²) in [6.07, 6.45) is 1.36. The molecule has 1 N–H and O–H groups in total. The highest BCUT2D eigenvalue weighted by atomic mass is 16.2. The number of anilines is 1. The lowest BCUT2D eigenvalue weighted by atomic mass is 10.1. The number of amides is 1. The highest BCUT2D eigenvalue weighted by molar-refractivity contribution is 5.90. The lowest BCUT2D eigenvalue weighted by molar-refractivity contribution is 0.0662. The van der Waals surface area contributed by atoms with Crippen molar-refractivity contribution in [3.8, 4) is 0 Å². The molecular weight excluding hydrogens is 266 g/mol. The van der Waals surface area contributed by atoms with Crippen LogP contribution in [0, 0.1) is 6.92 Å². The van der Waals surface area contributed by atoms with Gasteiger partial charge in [0.1, 0.15) is 6.33 Å². The summed E-state index contributed by atoms with van der Waals surface area (Å²) >= 11 is 0. The molecule has 2 heterocycles. The Labute approximate surface area is 123 Å². The fourth-order valence-electron chi connectivity index (χ4n) is 2.69. The molecule has 6 nitrogen and oxygen atoms in total. The number of piperazine rings is 1. The Hall–Kier alpha value is -2.37. The molecule has 1 aliphatic heterocycles. The predicted octanol–water partition coefficient (Wildman–Crippen LogP) is 1.46. The van der Waals surface area contributed by atoms with Crippen molar-refractivity contribution in [3.63, 3.8) is 0 Å². The van der Waals surface area contributed by atoms with E-state index in [9.17, 15) is 4.79 Å². The van der Waals surface area contributed by atoms with E-state index in [1.165, 1.54) is 17.6 Å². The molecule has 0 saturated carbocycles. The summed E-state index contributed by atoms with van der Waals surface area (Å²) in [5, 5.41) is 6.38. The van der Waals surface area contributed by atoms with Gasteiger partial charge in [-0.25, -0.2) is 4.98 Å². The largest absolute Gasteiger partial charge is 0.368 e. The Balaban J connectivity index is 1.69. The van der Waals surface area contributed by atoms with Crippen molar-refractivity contribution in [3.05, 3.63) is 42.0 Å². The first-order valence-electron chi connectivity index (χ1n) is 7.13. The highest BCUT2D eigenvalue weighted by Crippen LogP contribution is 2.20. The zero-order valence-electron chi connectivity index (χ0n) is 12.3. The van der Waals surface area contributed by atoms with Gasteiger partial charge in [0, 0.05) is 31.4 Å². The minimum absolute atomic E-state index is 0.0800. The highest BCUT2D eigenvalue weighted by Gasteiger charge is 2.29. The van der Waals surface area contributed by atoms with Crippen molar-refractivity contribution in [1.29, 1.82) is 0 Å². The zero-order valence-corrected chi connectivity index (χ0v) is 12.3. The lowest BCUT2D eigenvalue weighted by Crippen LogP contribution is -2.54. The van der Waals surface area contributed by atoms with Gasteiger partial charge < -0.3 is 9.80 Å². The molecule has 1 amide bonds. The maximum absolute atomic E-state index is 12.3. The topological polar surface area (TPSA) is 65.1 Å². The number of aryl methyl sites for hydroxylation is 1. The van der Waals surface area contributed by atoms with Crippen LogP contribution in [0.5, 0.6) is 0 Å². The second kappa shape index (κ2) is 5.55.